The first-order chi connectivity index (χ1) is 11.6. The van der Waals surface area contributed by atoms with Crippen LogP contribution in [0.3, 0.4) is 0 Å². The highest BCUT2D eigenvalue weighted by molar-refractivity contribution is 9.10. The summed E-state index contributed by atoms with van der Waals surface area (Å²) in [6.45, 7) is 0.605. The monoisotopic (exact) mass is 420 g/mol. The van der Waals surface area contributed by atoms with Gasteiger partial charge in [0.15, 0.2) is 5.11 Å². The molecule has 0 amide bonds. The van der Waals surface area contributed by atoms with Crippen LogP contribution in [0.5, 0.6) is 0 Å². The van der Waals surface area contributed by atoms with Crippen LogP contribution in [0, 0.1) is 0 Å². The van der Waals surface area contributed by atoms with Gasteiger partial charge in [-0.3, -0.25) is 4.68 Å². The van der Waals surface area contributed by atoms with Gasteiger partial charge in [0, 0.05) is 21.4 Å². The van der Waals surface area contributed by atoms with Crippen molar-refractivity contribution in [3.8, 4) is 0 Å². The van der Waals surface area contributed by atoms with E-state index < -0.39 is 0 Å². The Bertz CT molecular complexity index is 848. The maximum Gasteiger partial charge on any atom is 0.175 e. The molecule has 0 bridgehead atoms. The van der Waals surface area contributed by atoms with Gasteiger partial charge in [0.05, 0.1) is 18.4 Å². The van der Waals surface area contributed by atoms with E-state index in [-0.39, 0.29) is 0 Å². The molecule has 2 aromatic carbocycles. The molecular weight excluding hydrogens is 408 g/mol. The largest absolute Gasteiger partial charge is 0.332 e. The maximum absolute atomic E-state index is 6.18. The average Bonchev–Trinajstić information content (AvgIpc) is 2.99. The minimum absolute atomic E-state index is 0.509. The minimum atomic E-state index is 0.509. The lowest BCUT2D eigenvalue weighted by Gasteiger charge is -2.09. The summed E-state index contributed by atoms with van der Waals surface area (Å²) in [5.74, 6) is 0. The average molecular weight is 422 g/mol. The van der Waals surface area contributed by atoms with Crippen LogP contribution in [0.15, 0.2) is 65.4 Å². The molecule has 7 heteroatoms. The number of thiocarbonyl (C=S) groups is 1. The van der Waals surface area contributed by atoms with E-state index in [1.165, 1.54) is 0 Å². The van der Waals surface area contributed by atoms with Crippen LogP contribution < -0.4 is 10.6 Å². The molecule has 1 aromatic heterocycles. The van der Waals surface area contributed by atoms with Crippen molar-refractivity contribution in [2.75, 3.05) is 10.6 Å². The molecule has 122 valence electrons. The second-order valence-corrected chi connectivity index (χ2v) is 6.84. The van der Waals surface area contributed by atoms with Gasteiger partial charge in [-0.05, 0) is 48.1 Å². The molecule has 0 saturated carbocycles. The zero-order valence-corrected chi connectivity index (χ0v) is 15.7. The Morgan fingerprint density at radius 1 is 1.08 bits per heavy atom. The van der Waals surface area contributed by atoms with Crippen LogP contribution in [-0.4, -0.2) is 14.9 Å². The van der Waals surface area contributed by atoms with E-state index >= 15 is 0 Å². The molecule has 0 spiro atoms. The van der Waals surface area contributed by atoms with E-state index in [1.807, 2.05) is 59.4 Å². The summed E-state index contributed by atoms with van der Waals surface area (Å²) in [4.78, 5) is 0. The molecular formula is C17H14BrClN4S. The van der Waals surface area contributed by atoms with E-state index in [1.54, 1.807) is 6.20 Å². The molecule has 0 aliphatic rings. The van der Waals surface area contributed by atoms with Gasteiger partial charge in [0.1, 0.15) is 0 Å². The minimum Gasteiger partial charge on any atom is -0.332 e. The Kier molecular flexibility index (Phi) is 5.50. The van der Waals surface area contributed by atoms with Crippen LogP contribution in [0.4, 0.5) is 11.4 Å². The maximum atomic E-state index is 6.18. The van der Waals surface area contributed by atoms with Crippen molar-refractivity contribution in [2.24, 2.45) is 0 Å². The Morgan fingerprint density at radius 2 is 1.79 bits per heavy atom. The van der Waals surface area contributed by atoms with Crippen molar-refractivity contribution < 1.29 is 0 Å². The molecule has 3 rings (SSSR count). The smallest absolute Gasteiger partial charge is 0.175 e. The molecule has 0 aliphatic carbocycles. The van der Waals surface area contributed by atoms with E-state index in [0.717, 1.165) is 26.4 Å². The summed E-state index contributed by atoms with van der Waals surface area (Å²) < 4.78 is 2.83. The first kappa shape index (κ1) is 17.0. The molecule has 0 aliphatic heterocycles. The number of aromatic nitrogens is 2. The molecule has 0 atom stereocenters. The van der Waals surface area contributed by atoms with E-state index in [4.69, 9.17) is 23.8 Å². The first-order valence-corrected chi connectivity index (χ1v) is 8.77. The molecule has 0 radical (unpaired) electrons. The summed E-state index contributed by atoms with van der Waals surface area (Å²) in [6, 6.07) is 15.5. The van der Waals surface area contributed by atoms with Gasteiger partial charge >= 0.3 is 0 Å². The fourth-order valence-electron chi connectivity index (χ4n) is 2.14. The summed E-state index contributed by atoms with van der Waals surface area (Å²) in [5, 5.41) is 11.8. The van der Waals surface area contributed by atoms with Gasteiger partial charge in [-0.15, -0.1) is 0 Å². The van der Waals surface area contributed by atoms with Crippen molar-refractivity contribution in [1.29, 1.82) is 0 Å². The fourth-order valence-corrected chi connectivity index (χ4v) is 2.84. The van der Waals surface area contributed by atoms with Crippen molar-refractivity contribution in [3.05, 3.63) is 76.0 Å². The standard InChI is InChI=1S/C17H14BrClN4S/c18-13-5-7-14(8-6-13)21-17(24)22-15-9-20-23(11-15)10-12-3-1-2-4-16(12)19/h1-9,11H,10H2,(H2,21,22,24). The van der Waals surface area contributed by atoms with Crippen LogP contribution in [0.25, 0.3) is 0 Å². The summed E-state index contributed by atoms with van der Waals surface area (Å²) in [7, 11) is 0. The van der Waals surface area contributed by atoms with E-state index in [0.29, 0.717) is 11.7 Å². The highest BCUT2D eigenvalue weighted by atomic mass is 79.9. The SMILES string of the molecule is S=C(Nc1ccc(Br)cc1)Nc1cnn(Cc2ccccc2Cl)c1. The number of hydrogen-bond acceptors (Lipinski definition) is 2. The van der Waals surface area contributed by atoms with Crippen LogP contribution in [-0.2, 0) is 6.54 Å². The van der Waals surface area contributed by atoms with E-state index in [2.05, 4.69) is 31.7 Å². The number of rotatable bonds is 4. The lowest BCUT2D eigenvalue weighted by atomic mass is 10.2. The lowest BCUT2D eigenvalue weighted by Crippen LogP contribution is -2.18. The predicted octanol–water partition coefficient (Wildman–Crippen LogP) is 5.16. The third-order valence-corrected chi connectivity index (χ3v) is 4.38. The zero-order chi connectivity index (χ0) is 16.9. The van der Waals surface area contributed by atoms with Crippen molar-refractivity contribution >= 4 is 56.2 Å². The first-order valence-electron chi connectivity index (χ1n) is 7.19. The molecule has 0 fully saturated rings. The third kappa shape index (κ3) is 4.56. The van der Waals surface area contributed by atoms with Gasteiger partial charge in [-0.1, -0.05) is 45.7 Å². The molecule has 24 heavy (non-hydrogen) atoms. The second-order valence-electron chi connectivity index (χ2n) is 5.10. The van der Waals surface area contributed by atoms with Crippen molar-refractivity contribution in [2.45, 2.75) is 6.54 Å². The number of benzene rings is 2. The number of halogens is 2. The van der Waals surface area contributed by atoms with Gasteiger partial charge in [-0.2, -0.15) is 5.10 Å². The number of hydrogen-bond donors (Lipinski definition) is 2. The summed E-state index contributed by atoms with van der Waals surface area (Å²) >= 11 is 14.9. The summed E-state index contributed by atoms with van der Waals surface area (Å²) in [6.07, 6.45) is 3.62. The van der Waals surface area contributed by atoms with Crippen molar-refractivity contribution in [1.82, 2.24) is 9.78 Å². The third-order valence-electron chi connectivity index (χ3n) is 3.28. The quantitative estimate of drug-likeness (QED) is 0.571. The van der Waals surface area contributed by atoms with Gasteiger partial charge in [0.25, 0.3) is 0 Å². The topological polar surface area (TPSA) is 41.9 Å². The highest BCUT2D eigenvalue weighted by Gasteiger charge is 2.04. The molecule has 0 unspecified atom stereocenters. The van der Waals surface area contributed by atoms with Gasteiger partial charge < -0.3 is 10.6 Å². The molecule has 3 aromatic rings. The Balaban J connectivity index is 1.60. The van der Waals surface area contributed by atoms with Crippen LogP contribution >= 0.6 is 39.7 Å². The lowest BCUT2D eigenvalue weighted by molar-refractivity contribution is 0.687. The van der Waals surface area contributed by atoms with Crippen LogP contribution in [0.1, 0.15) is 5.56 Å². The number of nitrogens with zero attached hydrogens (tertiary/aromatic N) is 2. The zero-order valence-electron chi connectivity index (χ0n) is 12.5. The Labute approximate surface area is 159 Å². The van der Waals surface area contributed by atoms with Crippen molar-refractivity contribution in [3.63, 3.8) is 0 Å². The van der Waals surface area contributed by atoms with Crippen LogP contribution in [0.2, 0.25) is 5.02 Å². The molecule has 0 saturated heterocycles. The summed E-state index contributed by atoms with van der Waals surface area (Å²) in [5.41, 5.74) is 2.75. The predicted molar refractivity (Wildman–Crippen MR) is 107 cm³/mol. The van der Waals surface area contributed by atoms with Gasteiger partial charge in [0.2, 0.25) is 0 Å². The molecule has 1 heterocycles. The molecule has 2 N–H and O–H groups in total. The highest BCUT2D eigenvalue weighted by Crippen LogP contribution is 2.17. The number of nitrogens with one attached hydrogen (secondary N) is 2. The normalized spacial score (nSPS) is 10.4. The Hall–Kier alpha value is -1.89. The van der Waals surface area contributed by atoms with E-state index in [9.17, 15) is 0 Å². The second kappa shape index (κ2) is 7.79. The fraction of sp³-hybridized carbons (Fsp3) is 0.0588. The number of anilines is 2. The molecule has 4 nitrogen and oxygen atoms in total. The Morgan fingerprint density at radius 3 is 2.54 bits per heavy atom. The van der Waals surface area contributed by atoms with Gasteiger partial charge in [-0.25, -0.2) is 0 Å².